The van der Waals surface area contributed by atoms with Crippen LogP contribution in [0.4, 0.5) is 0 Å². The Kier molecular flexibility index (Phi) is 8.48. The molecule has 156 valence electrons. The first-order valence-corrected chi connectivity index (χ1v) is 10.6. The number of esters is 3. The summed E-state index contributed by atoms with van der Waals surface area (Å²) in [6.45, 7) is 3.41. The summed E-state index contributed by atoms with van der Waals surface area (Å²) in [5.74, 6) is -1.76. The van der Waals surface area contributed by atoms with Crippen LogP contribution in [0.3, 0.4) is 0 Å². The van der Waals surface area contributed by atoms with Gasteiger partial charge in [-0.3, -0.25) is 0 Å². The number of carbonyl (C=O) groups excluding carboxylic acids is 3. The predicted octanol–water partition coefficient (Wildman–Crippen LogP) is 1.27. The fourth-order valence-corrected chi connectivity index (χ4v) is 5.35. The zero-order valence-electron chi connectivity index (χ0n) is 16.1. The average Bonchev–Trinajstić information content (AvgIpc) is 2.65. The van der Waals surface area contributed by atoms with Crippen molar-refractivity contribution >= 4 is 37.3 Å². The molecule has 1 aliphatic rings. The summed E-state index contributed by atoms with van der Waals surface area (Å²) >= 11 is -0.356. The molecule has 0 spiro atoms. The van der Waals surface area contributed by atoms with Crippen molar-refractivity contribution in [3.05, 3.63) is 40.8 Å². The maximum absolute atomic E-state index is 11.8. The average molecular weight is 470 g/mol. The van der Waals surface area contributed by atoms with Gasteiger partial charge in [-0.1, -0.05) is 0 Å². The van der Waals surface area contributed by atoms with E-state index in [4.69, 9.17) is 24.5 Å². The summed E-state index contributed by atoms with van der Waals surface area (Å²) in [4.78, 5) is 37.0. The summed E-state index contributed by atoms with van der Waals surface area (Å²) in [5.41, 5.74) is 8.99. The van der Waals surface area contributed by atoms with Crippen molar-refractivity contribution in [2.24, 2.45) is 5.11 Å². The van der Waals surface area contributed by atoms with Gasteiger partial charge < -0.3 is 0 Å². The van der Waals surface area contributed by atoms with Crippen LogP contribution >= 0.6 is 0 Å². The van der Waals surface area contributed by atoms with Crippen molar-refractivity contribution in [1.82, 2.24) is 0 Å². The molecule has 0 radical (unpaired) electrons. The van der Waals surface area contributed by atoms with E-state index in [0.29, 0.717) is 0 Å². The molecule has 0 N–H and O–H groups in total. The van der Waals surface area contributed by atoms with Gasteiger partial charge in [0, 0.05) is 0 Å². The van der Waals surface area contributed by atoms with Crippen molar-refractivity contribution in [1.29, 1.82) is 0 Å². The number of rotatable bonds is 7. The third-order valence-electron chi connectivity index (χ3n) is 3.85. The first kappa shape index (κ1) is 22.7. The van der Waals surface area contributed by atoms with Gasteiger partial charge in [0.15, 0.2) is 0 Å². The van der Waals surface area contributed by atoms with Gasteiger partial charge in [0.05, 0.1) is 0 Å². The van der Waals surface area contributed by atoms with E-state index in [0.717, 1.165) is 4.46 Å². The third-order valence-corrected chi connectivity index (χ3v) is 6.61. The molecule has 0 amide bonds. The Bertz CT molecular complexity index is 785. The summed E-state index contributed by atoms with van der Waals surface area (Å²) in [5, 5.41) is 3.71. The van der Waals surface area contributed by atoms with Crippen LogP contribution in [0.2, 0.25) is 4.82 Å². The van der Waals surface area contributed by atoms with Gasteiger partial charge in [0.25, 0.3) is 0 Å². The van der Waals surface area contributed by atoms with Crippen molar-refractivity contribution in [3.8, 4) is 0 Å². The number of ether oxygens (including phenoxy) is 4. The number of nitrogens with zero attached hydrogens (tertiary/aromatic N) is 3. The van der Waals surface area contributed by atoms with Gasteiger partial charge in [-0.05, 0) is 0 Å². The maximum atomic E-state index is 11.8. The second kappa shape index (κ2) is 10.8. The molecule has 0 aromatic heterocycles. The molecule has 1 fully saturated rings. The molecule has 0 bridgehead atoms. The zero-order valence-corrected chi connectivity index (χ0v) is 17.8. The van der Waals surface area contributed by atoms with Crippen molar-refractivity contribution in [2.45, 2.75) is 50.1 Å². The Balaban J connectivity index is 2.43. The molecular formula is C18H21N3O7Se. The second-order valence-electron chi connectivity index (χ2n) is 6.12. The first-order valence-electron chi connectivity index (χ1n) is 8.71. The number of hydrogen-bond donors (Lipinski definition) is 0. The molecule has 2 rings (SSSR count). The molecule has 11 heteroatoms. The molecule has 29 heavy (non-hydrogen) atoms. The zero-order chi connectivity index (χ0) is 21.4. The normalized spacial score (nSPS) is 26.0. The van der Waals surface area contributed by atoms with Gasteiger partial charge in [0.2, 0.25) is 0 Å². The Morgan fingerprint density at radius 2 is 1.69 bits per heavy atom. The van der Waals surface area contributed by atoms with Crippen molar-refractivity contribution < 1.29 is 33.3 Å². The minimum absolute atomic E-state index is 0.256. The van der Waals surface area contributed by atoms with E-state index in [1.165, 1.54) is 20.8 Å². The summed E-state index contributed by atoms with van der Waals surface area (Å²) in [7, 11) is 0. The number of azide groups is 1. The molecule has 1 heterocycles. The van der Waals surface area contributed by atoms with Crippen LogP contribution in [0, 0.1) is 0 Å². The Morgan fingerprint density at radius 1 is 1.07 bits per heavy atom. The van der Waals surface area contributed by atoms with Gasteiger partial charge in [-0.25, -0.2) is 0 Å². The van der Waals surface area contributed by atoms with Crippen molar-refractivity contribution in [3.63, 3.8) is 0 Å². The SMILES string of the molecule is CC(=O)OC[C@H]1O[C@H](N=[N+]=[N-])[C@@H]([Se]c2ccccc2)[C@@H](OC(C)=O)[C@H]1OC(C)=O. The molecule has 10 nitrogen and oxygen atoms in total. The van der Waals surface area contributed by atoms with Crippen LogP contribution in [0.25, 0.3) is 10.4 Å². The molecule has 1 saturated heterocycles. The van der Waals surface area contributed by atoms with Crippen LogP contribution < -0.4 is 4.46 Å². The van der Waals surface area contributed by atoms with Gasteiger partial charge in [-0.15, -0.1) is 0 Å². The molecule has 0 unspecified atom stereocenters. The molecule has 1 aliphatic heterocycles. The van der Waals surface area contributed by atoms with Crippen LogP contribution in [-0.2, 0) is 33.3 Å². The van der Waals surface area contributed by atoms with E-state index in [1.54, 1.807) is 0 Å². The molecule has 0 saturated carbocycles. The van der Waals surface area contributed by atoms with Crippen LogP contribution in [0.1, 0.15) is 20.8 Å². The topological polar surface area (TPSA) is 137 Å². The summed E-state index contributed by atoms with van der Waals surface area (Å²) in [6.07, 6.45) is -3.94. The standard InChI is InChI=1S/C18H21N3O7Se/c1-10(22)25-9-14-15(26-11(2)23)16(27-12(3)24)17(18(28-14)20-21-19)29-13-7-5-4-6-8-13/h4-8,14-18H,9H2,1-3H3/t14-,15+,16+,17+,18+/m1/s1. The number of benzene rings is 1. The Morgan fingerprint density at radius 3 is 2.24 bits per heavy atom. The minimum atomic E-state index is -1.03. The van der Waals surface area contributed by atoms with E-state index >= 15 is 0 Å². The second-order valence-corrected chi connectivity index (χ2v) is 8.74. The first-order chi connectivity index (χ1) is 13.8. The van der Waals surface area contributed by atoms with Crippen LogP contribution in [0.5, 0.6) is 0 Å². The number of carbonyl (C=O) groups is 3. The van der Waals surface area contributed by atoms with Gasteiger partial charge in [0.1, 0.15) is 0 Å². The Hall–Kier alpha value is -2.58. The summed E-state index contributed by atoms with van der Waals surface area (Å²) < 4.78 is 22.7. The van der Waals surface area contributed by atoms with E-state index < -0.39 is 47.3 Å². The predicted molar refractivity (Wildman–Crippen MR) is 101 cm³/mol. The van der Waals surface area contributed by atoms with Crippen LogP contribution in [0.15, 0.2) is 35.4 Å². The third kappa shape index (κ3) is 6.76. The quantitative estimate of drug-likeness (QED) is 0.146. The van der Waals surface area contributed by atoms with Crippen LogP contribution in [-0.4, -0.2) is 64.0 Å². The molecule has 1 aromatic carbocycles. The molecule has 0 aliphatic carbocycles. The van der Waals surface area contributed by atoms with Crippen molar-refractivity contribution in [2.75, 3.05) is 6.61 Å². The van der Waals surface area contributed by atoms with Gasteiger partial charge >= 0.3 is 173 Å². The van der Waals surface area contributed by atoms with E-state index in [-0.39, 0.29) is 21.6 Å². The monoisotopic (exact) mass is 471 g/mol. The fraction of sp³-hybridized carbons (Fsp3) is 0.500. The van der Waals surface area contributed by atoms with E-state index in [2.05, 4.69) is 10.0 Å². The molecule has 5 atom stereocenters. The van der Waals surface area contributed by atoms with E-state index in [1.807, 2.05) is 30.3 Å². The Labute approximate surface area is 173 Å². The fourth-order valence-electron chi connectivity index (χ4n) is 2.81. The van der Waals surface area contributed by atoms with E-state index in [9.17, 15) is 14.4 Å². The summed E-state index contributed by atoms with van der Waals surface area (Å²) in [6, 6.07) is 9.37. The molecular weight excluding hydrogens is 449 g/mol. The van der Waals surface area contributed by atoms with Gasteiger partial charge in [-0.2, -0.15) is 0 Å². The molecule has 1 aromatic rings. The number of hydrogen-bond acceptors (Lipinski definition) is 8.